The quantitative estimate of drug-likeness (QED) is 0.560. The van der Waals surface area contributed by atoms with E-state index >= 15 is 0 Å². The summed E-state index contributed by atoms with van der Waals surface area (Å²) in [7, 11) is 0. The molecule has 106 valence electrons. The van der Waals surface area contributed by atoms with Crippen LogP contribution in [0.5, 0.6) is 0 Å². The van der Waals surface area contributed by atoms with E-state index in [1.54, 1.807) is 0 Å². The van der Waals surface area contributed by atoms with Gasteiger partial charge in [0.05, 0.1) is 6.89 Å². The van der Waals surface area contributed by atoms with Crippen molar-refractivity contribution in [1.82, 2.24) is 4.98 Å². The third kappa shape index (κ3) is 2.26. The van der Waals surface area contributed by atoms with Gasteiger partial charge in [-0.25, -0.2) is 0 Å². The average molecular weight is 302 g/mol. The molecule has 0 unspecified atom stereocenters. The molecule has 4 rings (SSSR count). The second kappa shape index (κ2) is 5.47. The van der Waals surface area contributed by atoms with E-state index in [4.69, 9.17) is 1.37 Å². The van der Waals surface area contributed by atoms with Gasteiger partial charge in [-0.05, 0) is 41.1 Å². The van der Waals surface area contributed by atoms with Crippen LogP contribution in [0.3, 0.4) is 0 Å². The van der Waals surface area contributed by atoms with Crippen molar-refractivity contribution in [2.24, 2.45) is 0 Å². The summed E-state index contributed by atoms with van der Waals surface area (Å²) in [5, 5.41) is 1.68. The molecule has 0 fully saturated rings. The lowest BCUT2D eigenvalue weighted by molar-refractivity contribution is 1.37. The summed E-state index contributed by atoms with van der Waals surface area (Å²) in [6.45, 7) is 2.10. The molecule has 0 spiro atoms. The van der Waals surface area contributed by atoms with Gasteiger partial charge in [0.25, 0.3) is 0 Å². The number of allylic oxidation sites excluding steroid dienone is 2. The van der Waals surface area contributed by atoms with Gasteiger partial charge in [0.2, 0.25) is 0 Å². The lowest BCUT2D eigenvalue weighted by atomic mass is 9.99. The smallest absolute Gasteiger partial charge is 0.0720 e. The second-order valence-corrected chi connectivity index (χ2v) is 6.20. The summed E-state index contributed by atoms with van der Waals surface area (Å²) in [5.41, 5.74) is 5.71. The molecule has 0 radical (unpaired) electrons. The summed E-state index contributed by atoms with van der Waals surface area (Å²) in [6.07, 6.45) is 7.70. The van der Waals surface area contributed by atoms with Gasteiger partial charge in [0.15, 0.2) is 0 Å². The highest BCUT2D eigenvalue weighted by molar-refractivity contribution is 8.02. The SMILES string of the molecule is [2H]C1=CC=Cc2ccc3nccc(-c4ccc(C)cc4)c3c2S1. The maximum Gasteiger partial charge on any atom is 0.0720 e. The van der Waals surface area contributed by atoms with Gasteiger partial charge in [-0.2, -0.15) is 0 Å². The van der Waals surface area contributed by atoms with E-state index < -0.39 is 0 Å². The number of nitrogens with zero attached hydrogens (tertiary/aromatic N) is 1. The number of hydrogen-bond donors (Lipinski definition) is 0. The van der Waals surface area contributed by atoms with E-state index in [0.717, 1.165) is 21.4 Å². The fraction of sp³-hybridized carbons (Fsp3) is 0.0500. The zero-order valence-electron chi connectivity index (χ0n) is 13.2. The van der Waals surface area contributed by atoms with Crippen LogP contribution in [0.2, 0.25) is 0 Å². The molecule has 1 aliphatic heterocycles. The van der Waals surface area contributed by atoms with Crippen molar-refractivity contribution < 1.29 is 1.37 Å². The van der Waals surface area contributed by atoms with E-state index in [2.05, 4.69) is 60.4 Å². The summed E-state index contributed by atoms with van der Waals surface area (Å²) in [4.78, 5) is 5.64. The fourth-order valence-electron chi connectivity index (χ4n) is 2.73. The molecule has 2 heteroatoms. The molecule has 0 amide bonds. The second-order valence-electron chi connectivity index (χ2n) is 5.35. The van der Waals surface area contributed by atoms with Gasteiger partial charge in [-0.1, -0.05) is 65.9 Å². The molecule has 0 saturated heterocycles. The third-order valence-electron chi connectivity index (χ3n) is 3.85. The average Bonchev–Trinajstić information content (AvgIpc) is 2.76. The molecule has 0 N–H and O–H groups in total. The Balaban J connectivity index is 2.04. The van der Waals surface area contributed by atoms with Gasteiger partial charge >= 0.3 is 0 Å². The Morgan fingerprint density at radius 1 is 1.00 bits per heavy atom. The number of hydrogen-bond acceptors (Lipinski definition) is 2. The van der Waals surface area contributed by atoms with Crippen molar-refractivity contribution in [1.29, 1.82) is 0 Å². The molecule has 3 aromatic rings. The predicted octanol–water partition coefficient (Wildman–Crippen LogP) is 5.84. The van der Waals surface area contributed by atoms with Crippen LogP contribution >= 0.6 is 11.8 Å². The van der Waals surface area contributed by atoms with Gasteiger partial charge in [-0.15, -0.1) is 0 Å². The molecule has 1 nitrogen and oxygen atoms in total. The summed E-state index contributed by atoms with van der Waals surface area (Å²) < 4.78 is 8.07. The van der Waals surface area contributed by atoms with E-state index in [1.807, 2.05) is 18.3 Å². The van der Waals surface area contributed by atoms with Crippen LogP contribution in [0.25, 0.3) is 28.1 Å². The highest BCUT2D eigenvalue weighted by Gasteiger charge is 2.13. The Hall–Kier alpha value is -2.32. The first kappa shape index (κ1) is 12.2. The lowest BCUT2D eigenvalue weighted by Gasteiger charge is -2.12. The first-order valence-corrected chi connectivity index (χ1v) is 8.05. The number of pyridine rings is 1. The van der Waals surface area contributed by atoms with E-state index in [-0.39, 0.29) is 0 Å². The van der Waals surface area contributed by atoms with Crippen LogP contribution in [0.4, 0.5) is 0 Å². The van der Waals surface area contributed by atoms with E-state index in [1.165, 1.54) is 28.5 Å². The van der Waals surface area contributed by atoms with Crippen LogP contribution in [-0.4, -0.2) is 4.98 Å². The largest absolute Gasteiger partial charge is 0.256 e. The summed E-state index contributed by atoms with van der Waals surface area (Å²) in [6, 6.07) is 14.8. The number of thioether (sulfide) groups is 1. The molecule has 0 saturated carbocycles. The zero-order chi connectivity index (χ0) is 15.8. The van der Waals surface area contributed by atoms with Crippen LogP contribution in [0.1, 0.15) is 12.5 Å². The molecule has 2 aromatic carbocycles. The maximum absolute atomic E-state index is 8.07. The van der Waals surface area contributed by atoms with Gasteiger partial charge in [-0.3, -0.25) is 4.98 Å². The Bertz CT molecular complexity index is 955. The molecule has 2 heterocycles. The molecule has 0 bridgehead atoms. The van der Waals surface area contributed by atoms with Crippen molar-refractivity contribution in [3.8, 4) is 11.1 Å². The van der Waals surface area contributed by atoms with Crippen molar-refractivity contribution in [2.45, 2.75) is 11.8 Å². The van der Waals surface area contributed by atoms with Gasteiger partial charge in [0, 0.05) is 16.5 Å². The van der Waals surface area contributed by atoms with Crippen molar-refractivity contribution in [2.75, 3.05) is 0 Å². The number of benzene rings is 2. The molecule has 0 atom stereocenters. The fourth-order valence-corrected chi connectivity index (χ4v) is 3.57. The van der Waals surface area contributed by atoms with Crippen LogP contribution < -0.4 is 0 Å². The van der Waals surface area contributed by atoms with Crippen molar-refractivity contribution in [3.05, 3.63) is 77.3 Å². The predicted molar refractivity (Wildman–Crippen MR) is 95.9 cm³/mol. The molecule has 22 heavy (non-hydrogen) atoms. The third-order valence-corrected chi connectivity index (χ3v) is 4.75. The normalized spacial score (nSPS) is 14.2. The first-order valence-electron chi connectivity index (χ1n) is 7.74. The van der Waals surface area contributed by atoms with Crippen molar-refractivity contribution >= 4 is 28.7 Å². The number of aromatic nitrogens is 1. The lowest BCUT2D eigenvalue weighted by Crippen LogP contribution is -1.89. The maximum atomic E-state index is 8.07. The van der Waals surface area contributed by atoms with Crippen LogP contribution in [0.15, 0.2) is 71.1 Å². The minimum absolute atomic E-state index is 0.547. The van der Waals surface area contributed by atoms with Crippen LogP contribution in [0, 0.1) is 6.92 Å². The Labute approximate surface area is 135 Å². The molecule has 1 aromatic heterocycles. The van der Waals surface area contributed by atoms with E-state index in [0.29, 0.717) is 5.38 Å². The number of aryl methyl sites for hydroxylation is 1. The van der Waals surface area contributed by atoms with Gasteiger partial charge < -0.3 is 0 Å². The summed E-state index contributed by atoms with van der Waals surface area (Å²) in [5.74, 6) is 0. The molecular weight excluding hydrogens is 286 g/mol. The standard InChI is InChI=1S/C20H15NS/c1-14-5-7-15(8-6-14)17-11-12-21-18-10-9-16-4-2-3-13-22-20(16)19(17)18/h2-13H,1H3/i13D. The minimum Gasteiger partial charge on any atom is -0.256 e. The zero-order valence-corrected chi connectivity index (χ0v) is 13.0. The number of rotatable bonds is 1. The molecule has 0 aliphatic carbocycles. The highest BCUT2D eigenvalue weighted by atomic mass is 32.2. The molecule has 1 aliphatic rings. The van der Waals surface area contributed by atoms with Crippen LogP contribution in [-0.2, 0) is 0 Å². The molecular formula is C20H15NS. The Morgan fingerprint density at radius 3 is 2.73 bits per heavy atom. The van der Waals surface area contributed by atoms with E-state index in [9.17, 15) is 0 Å². The van der Waals surface area contributed by atoms with Crippen molar-refractivity contribution in [3.63, 3.8) is 0 Å². The Morgan fingerprint density at radius 2 is 1.86 bits per heavy atom. The highest BCUT2D eigenvalue weighted by Crippen LogP contribution is 2.39. The van der Waals surface area contributed by atoms with Gasteiger partial charge in [0.1, 0.15) is 0 Å². The minimum atomic E-state index is 0.547. The first-order chi connectivity index (χ1) is 11.2. The summed E-state index contributed by atoms with van der Waals surface area (Å²) >= 11 is 1.50. The Kier molecular flexibility index (Phi) is 3.04. The topological polar surface area (TPSA) is 12.9 Å². The monoisotopic (exact) mass is 302 g/mol. The number of fused-ring (bicyclic) bond motifs is 3.